The van der Waals surface area contributed by atoms with Gasteiger partial charge in [-0.3, -0.25) is 0 Å². The van der Waals surface area contributed by atoms with E-state index in [4.69, 9.17) is 4.74 Å². The van der Waals surface area contributed by atoms with Crippen molar-refractivity contribution < 1.29 is 9.53 Å². The number of rotatable bonds is 4. The van der Waals surface area contributed by atoms with Crippen LogP contribution in [0.15, 0.2) is 42.6 Å². The van der Waals surface area contributed by atoms with Crippen molar-refractivity contribution in [1.29, 1.82) is 0 Å². The fourth-order valence-corrected chi connectivity index (χ4v) is 3.44. The molecule has 6 heteroatoms. The smallest absolute Gasteiger partial charge is 0.322 e. The number of methoxy groups -OCH3 is 1. The average Bonchev–Trinajstić information content (AvgIpc) is 2.94. The Morgan fingerprint density at radius 3 is 2.56 bits per heavy atom. The Bertz CT molecular complexity index is 744. The van der Waals surface area contributed by atoms with Gasteiger partial charge < -0.3 is 19.9 Å². The molecule has 1 aliphatic rings. The highest BCUT2D eigenvalue weighted by Crippen LogP contribution is 2.31. The molecule has 0 radical (unpaired) electrons. The third-order valence-corrected chi connectivity index (χ3v) is 4.97. The number of pyridine rings is 1. The maximum atomic E-state index is 13.0. The first-order valence-corrected chi connectivity index (χ1v) is 9.43. The van der Waals surface area contributed by atoms with Crippen LogP contribution in [-0.4, -0.2) is 43.7 Å². The Hall–Kier alpha value is -2.76. The van der Waals surface area contributed by atoms with Crippen LogP contribution < -0.4 is 15.0 Å². The highest BCUT2D eigenvalue weighted by Gasteiger charge is 2.27. The monoisotopic (exact) mass is 368 g/mol. The minimum Gasteiger partial charge on any atom is -0.497 e. The zero-order valence-electron chi connectivity index (χ0n) is 16.3. The largest absolute Gasteiger partial charge is 0.497 e. The van der Waals surface area contributed by atoms with Gasteiger partial charge in [0, 0.05) is 20.6 Å². The number of amides is 2. The number of aromatic nitrogens is 1. The number of benzene rings is 1. The summed E-state index contributed by atoms with van der Waals surface area (Å²) in [5.74, 6) is 1.69. The lowest BCUT2D eigenvalue weighted by atomic mass is 10.0. The lowest BCUT2D eigenvalue weighted by Crippen LogP contribution is -2.38. The fraction of sp³-hybridized carbons (Fsp3) is 0.429. The van der Waals surface area contributed by atoms with E-state index in [0.29, 0.717) is 5.69 Å². The molecule has 0 aliphatic carbocycles. The summed E-state index contributed by atoms with van der Waals surface area (Å²) in [6, 6.07) is 11.8. The number of likely N-dealkylation sites (tertiary alicyclic amines) is 1. The number of hydrogen-bond acceptors (Lipinski definition) is 4. The van der Waals surface area contributed by atoms with E-state index in [9.17, 15) is 4.79 Å². The van der Waals surface area contributed by atoms with E-state index in [-0.39, 0.29) is 12.1 Å². The molecule has 144 valence electrons. The summed E-state index contributed by atoms with van der Waals surface area (Å²) in [4.78, 5) is 21.3. The molecular formula is C21H28N4O2. The first kappa shape index (κ1) is 19.0. The molecule has 1 unspecified atom stereocenters. The van der Waals surface area contributed by atoms with Crippen molar-refractivity contribution in [3.8, 4) is 5.75 Å². The van der Waals surface area contributed by atoms with Crippen LogP contribution in [-0.2, 0) is 0 Å². The van der Waals surface area contributed by atoms with Crippen molar-refractivity contribution in [3.63, 3.8) is 0 Å². The van der Waals surface area contributed by atoms with Crippen LogP contribution in [0.1, 0.15) is 37.3 Å². The van der Waals surface area contributed by atoms with Crippen molar-refractivity contribution in [2.75, 3.05) is 38.0 Å². The van der Waals surface area contributed by atoms with E-state index in [1.165, 1.54) is 0 Å². The number of nitrogens with one attached hydrogen (secondary N) is 1. The number of anilines is 2. The number of carbonyl (C=O) groups is 1. The van der Waals surface area contributed by atoms with Crippen LogP contribution in [0.3, 0.4) is 0 Å². The molecule has 27 heavy (non-hydrogen) atoms. The van der Waals surface area contributed by atoms with Crippen LogP contribution in [0.25, 0.3) is 0 Å². The topological polar surface area (TPSA) is 57.7 Å². The first-order valence-electron chi connectivity index (χ1n) is 9.43. The minimum atomic E-state index is -0.0721. The number of nitrogens with zero attached hydrogens (tertiary/aromatic N) is 3. The third-order valence-electron chi connectivity index (χ3n) is 4.97. The summed E-state index contributed by atoms with van der Waals surface area (Å²) in [7, 11) is 5.55. The van der Waals surface area contributed by atoms with Gasteiger partial charge in [0.15, 0.2) is 0 Å². The maximum Gasteiger partial charge on any atom is 0.322 e. The highest BCUT2D eigenvalue weighted by molar-refractivity contribution is 5.89. The molecule has 6 nitrogen and oxygen atoms in total. The Balaban J connectivity index is 1.76. The van der Waals surface area contributed by atoms with E-state index < -0.39 is 0 Å². The molecule has 1 atom stereocenters. The molecule has 1 N–H and O–H groups in total. The predicted molar refractivity (Wildman–Crippen MR) is 108 cm³/mol. The number of ether oxygens (including phenoxy) is 1. The maximum absolute atomic E-state index is 13.0. The first-order chi connectivity index (χ1) is 13.1. The highest BCUT2D eigenvalue weighted by atomic mass is 16.5. The van der Waals surface area contributed by atoms with Crippen molar-refractivity contribution in [2.45, 2.75) is 31.7 Å². The Morgan fingerprint density at radius 1 is 1.15 bits per heavy atom. The van der Waals surface area contributed by atoms with Crippen molar-refractivity contribution in [3.05, 3.63) is 48.2 Å². The average molecular weight is 368 g/mol. The Kier molecular flexibility index (Phi) is 6.16. The van der Waals surface area contributed by atoms with Crippen LogP contribution in [0.2, 0.25) is 0 Å². The van der Waals surface area contributed by atoms with Gasteiger partial charge in [0.1, 0.15) is 11.6 Å². The van der Waals surface area contributed by atoms with Gasteiger partial charge >= 0.3 is 6.03 Å². The molecule has 1 aromatic carbocycles. The molecule has 1 saturated heterocycles. The van der Waals surface area contributed by atoms with Gasteiger partial charge in [0.05, 0.1) is 25.0 Å². The Labute approximate surface area is 161 Å². The van der Waals surface area contributed by atoms with E-state index in [1.54, 1.807) is 13.3 Å². The molecule has 0 bridgehead atoms. The second-order valence-corrected chi connectivity index (χ2v) is 7.06. The number of urea groups is 1. The van der Waals surface area contributed by atoms with Crippen molar-refractivity contribution in [2.24, 2.45) is 0 Å². The zero-order valence-corrected chi connectivity index (χ0v) is 16.3. The molecule has 1 fully saturated rings. The summed E-state index contributed by atoms with van der Waals surface area (Å²) in [6.07, 6.45) is 5.97. The molecule has 1 aliphatic heterocycles. The quantitative estimate of drug-likeness (QED) is 0.874. The summed E-state index contributed by atoms with van der Waals surface area (Å²) in [5.41, 5.74) is 1.86. The van der Waals surface area contributed by atoms with Crippen LogP contribution in [0, 0.1) is 0 Å². The minimum absolute atomic E-state index is 0.0721. The lowest BCUT2D eigenvalue weighted by Gasteiger charge is -2.30. The van der Waals surface area contributed by atoms with Crippen LogP contribution in [0.4, 0.5) is 16.3 Å². The molecule has 0 spiro atoms. The van der Waals surface area contributed by atoms with Gasteiger partial charge in [-0.1, -0.05) is 25.0 Å². The van der Waals surface area contributed by atoms with Crippen molar-refractivity contribution >= 4 is 17.5 Å². The standard InChI is InChI=1S/C21H28N4O2/c1-24(2)20-13-10-17(15-22-20)23-21(26)25-14-6-4-5-7-19(25)16-8-11-18(27-3)12-9-16/h8-13,15,19H,4-7,14H2,1-3H3,(H,23,26). The normalized spacial score (nSPS) is 17.1. The van der Waals surface area contributed by atoms with Crippen molar-refractivity contribution in [1.82, 2.24) is 9.88 Å². The number of hydrogen-bond donors (Lipinski definition) is 1. The lowest BCUT2D eigenvalue weighted by molar-refractivity contribution is 0.189. The van der Waals surface area contributed by atoms with Gasteiger partial charge in [-0.15, -0.1) is 0 Å². The van der Waals surface area contributed by atoms with E-state index >= 15 is 0 Å². The van der Waals surface area contributed by atoms with Crippen LogP contribution in [0.5, 0.6) is 5.75 Å². The van der Waals surface area contributed by atoms with Crippen LogP contribution >= 0.6 is 0 Å². The van der Waals surface area contributed by atoms with E-state index in [0.717, 1.165) is 49.4 Å². The SMILES string of the molecule is COc1ccc(C2CCCCCN2C(=O)Nc2ccc(N(C)C)nc2)cc1. The second kappa shape index (κ2) is 8.75. The number of carbonyl (C=O) groups excluding carboxylic acids is 1. The van der Waals surface area contributed by atoms with Gasteiger partial charge in [-0.05, 0) is 42.7 Å². The summed E-state index contributed by atoms with van der Waals surface area (Å²) < 4.78 is 5.26. The molecule has 2 aromatic rings. The molecular weight excluding hydrogens is 340 g/mol. The zero-order chi connectivity index (χ0) is 19.2. The molecule has 2 amide bonds. The molecule has 2 heterocycles. The van der Waals surface area contributed by atoms with E-state index in [2.05, 4.69) is 22.4 Å². The van der Waals surface area contributed by atoms with Gasteiger partial charge in [0.25, 0.3) is 0 Å². The summed E-state index contributed by atoms with van der Waals surface area (Å²) in [5, 5.41) is 3.01. The third kappa shape index (κ3) is 4.70. The summed E-state index contributed by atoms with van der Waals surface area (Å²) >= 11 is 0. The second-order valence-electron chi connectivity index (χ2n) is 7.06. The fourth-order valence-electron chi connectivity index (χ4n) is 3.44. The molecule has 3 rings (SSSR count). The molecule has 1 aromatic heterocycles. The van der Waals surface area contributed by atoms with Gasteiger partial charge in [-0.25, -0.2) is 9.78 Å². The summed E-state index contributed by atoms with van der Waals surface area (Å²) in [6.45, 7) is 0.756. The predicted octanol–water partition coefficient (Wildman–Crippen LogP) is 4.31. The van der Waals surface area contributed by atoms with Gasteiger partial charge in [-0.2, -0.15) is 0 Å². The van der Waals surface area contributed by atoms with E-state index in [1.807, 2.05) is 48.2 Å². The van der Waals surface area contributed by atoms with Gasteiger partial charge in [0.2, 0.25) is 0 Å². The molecule has 0 saturated carbocycles. The Morgan fingerprint density at radius 2 is 1.93 bits per heavy atom.